The highest BCUT2D eigenvalue weighted by molar-refractivity contribution is 6.09. The zero-order chi connectivity index (χ0) is 37.0. The highest BCUT2D eigenvalue weighted by Crippen LogP contribution is 2.42. The number of rotatable bonds is 6. The van der Waals surface area contributed by atoms with Gasteiger partial charge in [-0.1, -0.05) is 158 Å². The van der Waals surface area contributed by atoms with Gasteiger partial charge >= 0.3 is 0 Å². The largest absolute Gasteiger partial charge is 0.456 e. The summed E-state index contributed by atoms with van der Waals surface area (Å²) in [7, 11) is 0. The van der Waals surface area contributed by atoms with Crippen LogP contribution in [0.5, 0.6) is 0 Å². The predicted molar refractivity (Wildman–Crippen MR) is 228 cm³/mol. The molecule has 5 nitrogen and oxygen atoms in total. The summed E-state index contributed by atoms with van der Waals surface area (Å²) in [6.45, 7) is 0. The van der Waals surface area contributed by atoms with Crippen molar-refractivity contribution in [1.29, 1.82) is 0 Å². The van der Waals surface area contributed by atoms with E-state index in [0.717, 1.165) is 99.9 Å². The van der Waals surface area contributed by atoms with Gasteiger partial charge in [-0.25, -0.2) is 14.5 Å². The molecule has 0 saturated heterocycles. The van der Waals surface area contributed by atoms with E-state index in [4.69, 9.17) is 19.5 Å². The zero-order valence-electron chi connectivity index (χ0n) is 30.2. The molecule has 0 fully saturated rings. The van der Waals surface area contributed by atoms with E-state index in [1.165, 1.54) is 0 Å². The van der Waals surface area contributed by atoms with E-state index in [0.29, 0.717) is 5.82 Å². The Bertz CT molecular complexity index is 3240. The number of nitrogens with zero attached hydrogens (tertiary/aromatic N) is 4. The summed E-state index contributed by atoms with van der Waals surface area (Å²) >= 11 is 0. The van der Waals surface area contributed by atoms with Gasteiger partial charge in [0.2, 0.25) is 0 Å². The van der Waals surface area contributed by atoms with Crippen LogP contribution in [0.3, 0.4) is 0 Å². The average molecular weight is 717 g/mol. The lowest BCUT2D eigenvalue weighted by molar-refractivity contribution is 0.669. The predicted octanol–water partition coefficient (Wildman–Crippen LogP) is 13.2. The Balaban J connectivity index is 1.14. The van der Waals surface area contributed by atoms with Gasteiger partial charge in [-0.3, -0.25) is 0 Å². The van der Waals surface area contributed by atoms with Gasteiger partial charge in [0.05, 0.1) is 22.6 Å². The van der Waals surface area contributed by atoms with E-state index in [1.807, 2.05) is 42.5 Å². The van der Waals surface area contributed by atoms with Gasteiger partial charge in [-0.2, -0.15) is 5.10 Å². The number of fused-ring (bicyclic) bond motifs is 6. The molecule has 0 atom stereocenters. The first-order valence-electron chi connectivity index (χ1n) is 18.8. The van der Waals surface area contributed by atoms with Gasteiger partial charge in [0.1, 0.15) is 16.9 Å². The van der Waals surface area contributed by atoms with Crippen molar-refractivity contribution in [2.24, 2.45) is 0 Å². The molecule has 7 aromatic carbocycles. The summed E-state index contributed by atoms with van der Waals surface area (Å²) in [6.07, 6.45) is 0. The first-order valence-corrected chi connectivity index (χ1v) is 18.8. The van der Waals surface area contributed by atoms with Crippen LogP contribution in [0.15, 0.2) is 199 Å². The Labute approximate surface area is 322 Å². The highest BCUT2D eigenvalue weighted by Gasteiger charge is 2.22. The van der Waals surface area contributed by atoms with Gasteiger partial charge in [0.25, 0.3) is 0 Å². The van der Waals surface area contributed by atoms with E-state index in [-0.39, 0.29) is 0 Å². The Morgan fingerprint density at radius 1 is 0.393 bits per heavy atom. The molecule has 0 N–H and O–H groups in total. The lowest BCUT2D eigenvalue weighted by Crippen LogP contribution is -1.96. The van der Waals surface area contributed by atoms with E-state index in [2.05, 4.69) is 156 Å². The van der Waals surface area contributed by atoms with Crippen molar-refractivity contribution >= 4 is 38.2 Å². The maximum Gasteiger partial charge on any atom is 0.160 e. The minimum absolute atomic E-state index is 0.639. The van der Waals surface area contributed by atoms with Gasteiger partial charge < -0.3 is 4.42 Å². The van der Waals surface area contributed by atoms with E-state index < -0.39 is 0 Å². The molecule has 0 radical (unpaired) electrons. The van der Waals surface area contributed by atoms with Crippen LogP contribution in [0, 0.1) is 0 Å². The molecule has 0 bridgehead atoms. The van der Waals surface area contributed by atoms with E-state index >= 15 is 0 Å². The van der Waals surface area contributed by atoms with Gasteiger partial charge in [-0.15, -0.1) is 0 Å². The molecular formula is C51H32N4O. The SMILES string of the molecule is c1ccc(-c2cc(-c3ccc4c(c3)oc3ccccc34)nc(-c3cccc(-c4c(-c5ccccc5)nn5c(-c6ccccc6)cc6ccccc6c45)c3)n2)cc1. The van der Waals surface area contributed by atoms with Crippen LogP contribution in [-0.2, 0) is 0 Å². The molecule has 262 valence electrons. The molecule has 4 heterocycles. The summed E-state index contributed by atoms with van der Waals surface area (Å²) in [5.74, 6) is 0.639. The van der Waals surface area contributed by atoms with Crippen molar-refractivity contribution in [2.75, 3.05) is 0 Å². The third-order valence-corrected chi connectivity index (χ3v) is 10.6. The minimum Gasteiger partial charge on any atom is -0.456 e. The number of hydrogen-bond donors (Lipinski definition) is 0. The second kappa shape index (κ2) is 13.0. The first kappa shape index (κ1) is 31.9. The standard InChI is InChI=1S/C51H32N4O/c1-4-15-33(16-5-1)43-32-44(37-27-28-42-41-25-12-13-26-46(41)56-47(42)31-37)53-51(52-43)39-23-14-22-38(29-39)48-49(35-19-8-3-9-20-35)54-55-45(34-17-6-2-7-18-34)30-36-21-10-11-24-40(36)50(48)55/h1-32H. The second-order valence-electron chi connectivity index (χ2n) is 14.1. The second-order valence-corrected chi connectivity index (χ2v) is 14.1. The molecule has 0 saturated carbocycles. The minimum atomic E-state index is 0.639. The fourth-order valence-corrected chi connectivity index (χ4v) is 7.95. The van der Waals surface area contributed by atoms with Crippen molar-refractivity contribution in [3.05, 3.63) is 194 Å². The van der Waals surface area contributed by atoms with Crippen molar-refractivity contribution in [1.82, 2.24) is 19.6 Å². The maximum atomic E-state index is 6.30. The van der Waals surface area contributed by atoms with Crippen molar-refractivity contribution in [2.45, 2.75) is 0 Å². The van der Waals surface area contributed by atoms with E-state index in [9.17, 15) is 0 Å². The van der Waals surface area contributed by atoms with Gasteiger partial charge in [0, 0.05) is 49.5 Å². The normalized spacial score (nSPS) is 11.6. The molecule has 5 heteroatoms. The number of furan rings is 1. The quantitative estimate of drug-likeness (QED) is 0.172. The number of para-hydroxylation sites is 1. The molecule has 11 rings (SSSR count). The molecular weight excluding hydrogens is 685 g/mol. The van der Waals surface area contributed by atoms with Crippen LogP contribution in [0.4, 0.5) is 0 Å². The van der Waals surface area contributed by atoms with Crippen LogP contribution in [0.25, 0.3) is 106 Å². The maximum absolute atomic E-state index is 6.30. The summed E-state index contributed by atoms with van der Waals surface area (Å²) in [6, 6.07) is 67.3. The van der Waals surface area contributed by atoms with Crippen LogP contribution in [-0.4, -0.2) is 19.6 Å². The van der Waals surface area contributed by atoms with Gasteiger partial charge in [-0.05, 0) is 47.3 Å². The molecule has 0 amide bonds. The van der Waals surface area contributed by atoms with Crippen LogP contribution in [0.1, 0.15) is 0 Å². The fraction of sp³-hybridized carbons (Fsp3) is 0. The van der Waals surface area contributed by atoms with Gasteiger partial charge in [0.15, 0.2) is 5.82 Å². The number of benzene rings is 7. The Hall–Kier alpha value is -7.63. The molecule has 0 unspecified atom stereocenters. The summed E-state index contributed by atoms with van der Waals surface area (Å²) in [4.78, 5) is 10.5. The smallest absolute Gasteiger partial charge is 0.160 e. The third kappa shape index (κ3) is 5.37. The number of pyridine rings is 1. The first-order chi connectivity index (χ1) is 27.7. The Morgan fingerprint density at radius 2 is 1.00 bits per heavy atom. The summed E-state index contributed by atoms with van der Waals surface area (Å²) in [5.41, 5.74) is 13.5. The molecule has 0 aliphatic carbocycles. The zero-order valence-corrected chi connectivity index (χ0v) is 30.2. The third-order valence-electron chi connectivity index (χ3n) is 10.6. The van der Waals surface area contributed by atoms with Crippen LogP contribution >= 0.6 is 0 Å². The highest BCUT2D eigenvalue weighted by atomic mass is 16.3. The molecule has 4 aromatic heterocycles. The monoisotopic (exact) mass is 716 g/mol. The van der Waals surface area contributed by atoms with Crippen LogP contribution < -0.4 is 0 Å². The Kier molecular flexibility index (Phi) is 7.42. The topological polar surface area (TPSA) is 56.2 Å². The molecule has 11 aromatic rings. The molecule has 56 heavy (non-hydrogen) atoms. The number of hydrogen-bond acceptors (Lipinski definition) is 4. The molecule has 0 spiro atoms. The van der Waals surface area contributed by atoms with Crippen molar-refractivity contribution in [3.63, 3.8) is 0 Å². The summed E-state index contributed by atoms with van der Waals surface area (Å²) in [5, 5.41) is 9.88. The lowest BCUT2D eigenvalue weighted by Gasteiger charge is -2.12. The molecule has 0 aliphatic rings. The van der Waals surface area contributed by atoms with Crippen molar-refractivity contribution < 1.29 is 4.42 Å². The Morgan fingerprint density at radius 3 is 1.79 bits per heavy atom. The number of aromatic nitrogens is 4. The van der Waals surface area contributed by atoms with Crippen LogP contribution in [0.2, 0.25) is 0 Å². The lowest BCUT2D eigenvalue weighted by atomic mass is 9.95. The summed E-state index contributed by atoms with van der Waals surface area (Å²) < 4.78 is 8.43. The van der Waals surface area contributed by atoms with E-state index in [1.54, 1.807) is 0 Å². The fourth-order valence-electron chi connectivity index (χ4n) is 7.95. The average Bonchev–Trinajstić information content (AvgIpc) is 3.86. The van der Waals surface area contributed by atoms with Crippen molar-refractivity contribution in [3.8, 4) is 67.5 Å². The molecule has 0 aliphatic heterocycles.